The van der Waals surface area contributed by atoms with Gasteiger partial charge in [-0.25, -0.2) is 4.39 Å². The van der Waals surface area contributed by atoms with Gasteiger partial charge in [-0.05, 0) is 43.3 Å². The Labute approximate surface area is 157 Å². The molecule has 2 aromatic carbocycles. The van der Waals surface area contributed by atoms with Crippen LogP contribution in [0.3, 0.4) is 0 Å². The van der Waals surface area contributed by atoms with Gasteiger partial charge in [0.15, 0.2) is 11.5 Å². The Morgan fingerprint density at radius 2 is 1.70 bits per heavy atom. The first-order valence-corrected chi connectivity index (χ1v) is 8.56. The molecule has 1 atom stereocenters. The molecule has 6 nitrogen and oxygen atoms in total. The first-order valence-electron chi connectivity index (χ1n) is 8.56. The highest BCUT2D eigenvalue weighted by Crippen LogP contribution is 2.32. The van der Waals surface area contributed by atoms with Gasteiger partial charge in [0, 0.05) is 30.4 Å². The fraction of sp³-hybridized carbons (Fsp3) is 0.300. The summed E-state index contributed by atoms with van der Waals surface area (Å²) >= 11 is 0. The van der Waals surface area contributed by atoms with Crippen LogP contribution in [0.4, 0.5) is 10.1 Å². The second kappa shape index (κ2) is 7.65. The van der Waals surface area contributed by atoms with Gasteiger partial charge in [0.1, 0.15) is 11.9 Å². The molecule has 0 spiro atoms. The smallest absolute Gasteiger partial charge is 0.254 e. The molecule has 0 aromatic heterocycles. The van der Waals surface area contributed by atoms with Crippen molar-refractivity contribution < 1.29 is 23.5 Å². The molecule has 3 rings (SSSR count). The first kappa shape index (κ1) is 18.7. The van der Waals surface area contributed by atoms with Crippen molar-refractivity contribution in [1.82, 2.24) is 4.90 Å². The van der Waals surface area contributed by atoms with E-state index in [-0.39, 0.29) is 11.8 Å². The predicted molar refractivity (Wildman–Crippen MR) is 98.8 cm³/mol. The summed E-state index contributed by atoms with van der Waals surface area (Å²) in [6.07, 6.45) is 0. The van der Waals surface area contributed by atoms with Crippen LogP contribution in [-0.4, -0.2) is 50.1 Å². The van der Waals surface area contributed by atoms with Gasteiger partial charge in [0.25, 0.3) is 5.91 Å². The third-order valence-electron chi connectivity index (χ3n) is 4.69. The molecule has 7 heteroatoms. The number of hydrogen-bond acceptors (Lipinski definition) is 4. The lowest BCUT2D eigenvalue weighted by Gasteiger charge is -2.39. The van der Waals surface area contributed by atoms with E-state index < -0.39 is 11.9 Å². The van der Waals surface area contributed by atoms with Gasteiger partial charge in [-0.2, -0.15) is 0 Å². The van der Waals surface area contributed by atoms with Crippen LogP contribution in [0.1, 0.15) is 17.3 Å². The number of carbonyl (C=O) groups is 2. The standard InChI is InChI=1S/C20H21FN2O4/c1-13-19(24)23(16-8-9-17(26-2)18(12-16)27-3)11-10-22(13)20(25)14-4-6-15(21)7-5-14/h4-9,12-13H,10-11H2,1-3H3/t13-/m0/s1. The predicted octanol–water partition coefficient (Wildman–Crippen LogP) is 2.72. The van der Waals surface area contributed by atoms with E-state index in [2.05, 4.69) is 0 Å². The number of carbonyl (C=O) groups excluding carboxylic acids is 2. The highest BCUT2D eigenvalue weighted by Gasteiger charge is 2.35. The summed E-state index contributed by atoms with van der Waals surface area (Å²) in [5.41, 5.74) is 1.04. The third kappa shape index (κ3) is 3.58. The molecule has 0 radical (unpaired) electrons. The molecule has 1 saturated heterocycles. The van der Waals surface area contributed by atoms with E-state index in [9.17, 15) is 14.0 Å². The topological polar surface area (TPSA) is 59.1 Å². The van der Waals surface area contributed by atoms with Crippen molar-refractivity contribution in [1.29, 1.82) is 0 Å². The molecule has 0 bridgehead atoms. The van der Waals surface area contributed by atoms with Crippen LogP contribution >= 0.6 is 0 Å². The molecule has 0 unspecified atom stereocenters. The van der Waals surface area contributed by atoms with Crippen molar-refractivity contribution in [2.24, 2.45) is 0 Å². The lowest BCUT2D eigenvalue weighted by molar-refractivity contribution is -0.124. The first-order chi connectivity index (χ1) is 13.0. The minimum absolute atomic E-state index is 0.191. The zero-order chi connectivity index (χ0) is 19.6. The van der Waals surface area contributed by atoms with E-state index in [4.69, 9.17) is 9.47 Å². The van der Waals surface area contributed by atoms with Crippen molar-refractivity contribution in [3.05, 3.63) is 53.8 Å². The van der Waals surface area contributed by atoms with Gasteiger partial charge in [0.05, 0.1) is 14.2 Å². The number of rotatable bonds is 4. The van der Waals surface area contributed by atoms with Crippen LogP contribution in [0.15, 0.2) is 42.5 Å². The second-order valence-electron chi connectivity index (χ2n) is 6.21. The van der Waals surface area contributed by atoms with Crippen LogP contribution in [-0.2, 0) is 4.79 Å². The molecule has 0 N–H and O–H groups in total. The highest BCUT2D eigenvalue weighted by atomic mass is 19.1. The molecule has 1 aliphatic heterocycles. The molecule has 2 aromatic rings. The van der Waals surface area contributed by atoms with Crippen molar-refractivity contribution >= 4 is 17.5 Å². The van der Waals surface area contributed by atoms with E-state index in [1.165, 1.54) is 36.3 Å². The number of piperazine rings is 1. The van der Waals surface area contributed by atoms with Crippen molar-refractivity contribution in [2.45, 2.75) is 13.0 Å². The summed E-state index contributed by atoms with van der Waals surface area (Å²) in [5, 5.41) is 0. The van der Waals surface area contributed by atoms with Gasteiger partial charge >= 0.3 is 0 Å². The average Bonchev–Trinajstić information content (AvgIpc) is 2.69. The lowest BCUT2D eigenvalue weighted by Crippen LogP contribution is -2.57. The third-order valence-corrected chi connectivity index (χ3v) is 4.69. The Balaban J connectivity index is 1.80. The number of benzene rings is 2. The fourth-order valence-electron chi connectivity index (χ4n) is 3.16. The average molecular weight is 372 g/mol. The van der Waals surface area contributed by atoms with Crippen LogP contribution in [0.25, 0.3) is 0 Å². The van der Waals surface area contributed by atoms with E-state index in [1.807, 2.05) is 0 Å². The van der Waals surface area contributed by atoms with Crippen LogP contribution < -0.4 is 14.4 Å². The van der Waals surface area contributed by atoms with E-state index in [1.54, 1.807) is 37.1 Å². The zero-order valence-electron chi connectivity index (χ0n) is 15.4. The Bertz CT molecular complexity index is 854. The number of hydrogen-bond donors (Lipinski definition) is 0. The maximum atomic E-state index is 13.1. The van der Waals surface area contributed by atoms with Gasteiger partial charge in [0.2, 0.25) is 5.91 Å². The maximum absolute atomic E-state index is 13.1. The van der Waals surface area contributed by atoms with Gasteiger partial charge in [-0.15, -0.1) is 0 Å². The number of anilines is 1. The molecule has 1 heterocycles. The minimum Gasteiger partial charge on any atom is -0.493 e. The minimum atomic E-state index is -0.635. The van der Waals surface area contributed by atoms with E-state index in [0.717, 1.165) is 0 Å². The number of ether oxygens (including phenoxy) is 2. The second-order valence-corrected chi connectivity index (χ2v) is 6.21. The molecule has 0 aliphatic carbocycles. The van der Waals surface area contributed by atoms with Crippen LogP contribution in [0.2, 0.25) is 0 Å². The zero-order valence-corrected chi connectivity index (χ0v) is 15.4. The highest BCUT2D eigenvalue weighted by molar-refractivity contribution is 6.03. The Kier molecular flexibility index (Phi) is 5.30. The molecular weight excluding hydrogens is 351 g/mol. The van der Waals surface area contributed by atoms with Crippen molar-refractivity contribution in [3.63, 3.8) is 0 Å². The van der Waals surface area contributed by atoms with Gasteiger partial charge in [-0.3, -0.25) is 9.59 Å². The van der Waals surface area contributed by atoms with E-state index >= 15 is 0 Å². The number of halogens is 1. The summed E-state index contributed by atoms with van der Waals surface area (Å²) in [4.78, 5) is 28.7. The van der Waals surface area contributed by atoms with Crippen molar-refractivity contribution in [3.8, 4) is 11.5 Å². The Morgan fingerprint density at radius 1 is 1.04 bits per heavy atom. The molecule has 142 valence electrons. The van der Waals surface area contributed by atoms with E-state index in [0.29, 0.717) is 35.8 Å². The summed E-state index contributed by atoms with van der Waals surface area (Å²) in [6.45, 7) is 2.42. The fourth-order valence-corrected chi connectivity index (χ4v) is 3.16. The van der Waals surface area contributed by atoms with Gasteiger partial charge in [-0.1, -0.05) is 0 Å². The number of amides is 2. The summed E-state index contributed by atoms with van der Waals surface area (Å²) in [7, 11) is 3.08. The monoisotopic (exact) mass is 372 g/mol. The quantitative estimate of drug-likeness (QED) is 0.828. The lowest BCUT2D eigenvalue weighted by atomic mass is 10.1. The molecule has 2 amide bonds. The largest absolute Gasteiger partial charge is 0.493 e. The molecule has 1 fully saturated rings. The van der Waals surface area contributed by atoms with Crippen LogP contribution in [0, 0.1) is 5.82 Å². The molecular formula is C20H21FN2O4. The van der Waals surface area contributed by atoms with Gasteiger partial charge < -0.3 is 19.3 Å². The summed E-state index contributed by atoms with van der Waals surface area (Å²) in [5.74, 6) is 0.216. The number of methoxy groups -OCH3 is 2. The summed E-state index contributed by atoms with van der Waals surface area (Å²) < 4.78 is 23.6. The SMILES string of the molecule is COc1ccc(N2CCN(C(=O)c3ccc(F)cc3)[C@@H](C)C2=O)cc1OC. The number of nitrogens with zero attached hydrogens (tertiary/aromatic N) is 2. The summed E-state index contributed by atoms with van der Waals surface area (Å²) in [6, 6.07) is 9.95. The molecule has 0 saturated carbocycles. The normalized spacial score (nSPS) is 17.0. The Morgan fingerprint density at radius 3 is 2.33 bits per heavy atom. The van der Waals surface area contributed by atoms with Crippen molar-refractivity contribution in [2.75, 3.05) is 32.2 Å². The Hall–Kier alpha value is -3.09. The van der Waals surface area contributed by atoms with Crippen LogP contribution in [0.5, 0.6) is 11.5 Å². The molecule has 1 aliphatic rings. The maximum Gasteiger partial charge on any atom is 0.254 e. The molecule has 27 heavy (non-hydrogen) atoms.